The zero-order chi connectivity index (χ0) is 28.7. The molecule has 2 radical (unpaired) electrons. The van der Waals surface area contributed by atoms with Gasteiger partial charge in [0.2, 0.25) is 0 Å². The van der Waals surface area contributed by atoms with Crippen molar-refractivity contribution in [3.63, 3.8) is 0 Å². The van der Waals surface area contributed by atoms with Crippen molar-refractivity contribution in [3.05, 3.63) is 47.5 Å². The van der Waals surface area contributed by atoms with Crippen LogP contribution in [0.1, 0.15) is 49.7 Å². The van der Waals surface area contributed by atoms with E-state index in [9.17, 15) is 10.2 Å². The first-order chi connectivity index (χ1) is 19.4. The van der Waals surface area contributed by atoms with E-state index in [1.807, 2.05) is 0 Å². The van der Waals surface area contributed by atoms with E-state index in [0.29, 0.717) is 32.9 Å². The number of thiocarbonyl (C=S) groups is 2. The predicted molar refractivity (Wildman–Crippen MR) is 162 cm³/mol. The van der Waals surface area contributed by atoms with Crippen LogP contribution in [0.25, 0.3) is 0 Å². The molecule has 2 heterocycles. The summed E-state index contributed by atoms with van der Waals surface area (Å²) >= 11 is 10.5. The van der Waals surface area contributed by atoms with E-state index in [0.717, 1.165) is 51.9 Å². The van der Waals surface area contributed by atoms with Gasteiger partial charge in [-0.25, -0.2) is 0 Å². The quantitative estimate of drug-likeness (QED) is 0.201. The van der Waals surface area contributed by atoms with Crippen LogP contribution in [0.5, 0.6) is 23.0 Å². The van der Waals surface area contributed by atoms with Crippen LogP contribution < -0.4 is 30.5 Å². The molecule has 2 saturated heterocycles. The van der Waals surface area contributed by atoms with Gasteiger partial charge in [-0.05, 0) is 98.4 Å². The van der Waals surface area contributed by atoms with Crippen molar-refractivity contribution in [2.75, 3.05) is 40.4 Å². The fourth-order valence-corrected chi connectivity index (χ4v) is 4.63. The molecule has 42 heavy (non-hydrogen) atoms. The van der Waals surface area contributed by atoms with Crippen LogP contribution in [0, 0.1) is 0 Å². The Morgan fingerprint density at radius 1 is 0.690 bits per heavy atom. The summed E-state index contributed by atoms with van der Waals surface area (Å²) in [6, 6.07) is 9.48. The van der Waals surface area contributed by atoms with Crippen LogP contribution in [0.15, 0.2) is 46.6 Å². The third-order valence-electron chi connectivity index (χ3n) is 6.45. The zero-order valence-electron chi connectivity index (χ0n) is 23.5. The second-order valence-electron chi connectivity index (χ2n) is 9.25. The third-order valence-corrected chi connectivity index (χ3v) is 7.15. The molecule has 2 fully saturated rings. The monoisotopic (exact) mass is 710 g/mol. The summed E-state index contributed by atoms with van der Waals surface area (Å²) in [5, 5.41) is 32.6. The van der Waals surface area contributed by atoms with E-state index >= 15 is 0 Å². The van der Waals surface area contributed by atoms with Gasteiger partial charge >= 0.3 is 34.1 Å². The largest absolute Gasteiger partial charge is 2.00 e. The summed E-state index contributed by atoms with van der Waals surface area (Å²) in [4.78, 5) is 4.19. The Balaban J connectivity index is 0.000000401. The zero-order valence-corrected chi connectivity index (χ0v) is 27.0. The van der Waals surface area contributed by atoms with Gasteiger partial charge in [0.25, 0.3) is 0 Å². The van der Waals surface area contributed by atoms with Gasteiger partial charge in [0, 0.05) is 26.2 Å². The number of hydrogen-bond donors (Lipinski definition) is 2. The third kappa shape index (κ3) is 12.3. The molecule has 14 heteroatoms. The molecular weight excluding hydrogens is 676 g/mol. The maximum absolute atomic E-state index is 11.6. The number of piperidine rings is 2. The Morgan fingerprint density at radius 2 is 1.05 bits per heavy atom. The molecule has 2 N–H and O–H groups in total. The van der Waals surface area contributed by atoms with E-state index in [-0.39, 0.29) is 45.6 Å². The minimum absolute atomic E-state index is 0. The number of benzene rings is 2. The summed E-state index contributed by atoms with van der Waals surface area (Å²) < 4.78 is 10.2. The fraction of sp³-hybridized carbons (Fsp3) is 0.429. The van der Waals surface area contributed by atoms with Crippen molar-refractivity contribution in [2.24, 2.45) is 10.2 Å². The Morgan fingerprint density at radius 3 is 1.38 bits per heavy atom. The van der Waals surface area contributed by atoms with E-state index in [2.05, 4.69) is 30.9 Å². The van der Waals surface area contributed by atoms with Crippen molar-refractivity contribution in [2.45, 2.75) is 38.5 Å². The molecule has 2 aliphatic heterocycles. The molecule has 0 saturated carbocycles. The van der Waals surface area contributed by atoms with Gasteiger partial charge in [0.1, 0.15) is 11.5 Å². The average molecular weight is 712 g/mol. The molecule has 0 bridgehead atoms. The molecule has 0 aromatic heterocycles. The number of likely N-dealkylation sites (tertiary alicyclic amines) is 2. The number of methoxy groups -OCH3 is 2. The van der Waals surface area contributed by atoms with Crippen LogP contribution >= 0.6 is 24.4 Å². The molecule has 10 nitrogen and oxygen atoms in total. The summed E-state index contributed by atoms with van der Waals surface area (Å²) in [5.41, 5.74) is 6.57. The topological polar surface area (TPSA) is 120 Å². The first kappa shape index (κ1) is 37.4. The molecule has 0 amide bonds. The van der Waals surface area contributed by atoms with Crippen LogP contribution in [-0.2, 0) is 34.1 Å². The number of rotatable bonds is 6. The van der Waals surface area contributed by atoms with E-state index in [1.165, 1.54) is 37.4 Å². The van der Waals surface area contributed by atoms with Gasteiger partial charge in [-0.15, -0.1) is 0 Å². The molecule has 234 valence electrons. The summed E-state index contributed by atoms with van der Waals surface area (Å²) in [6.45, 7) is 3.86. The Bertz CT molecular complexity index is 1100. The molecule has 2 aromatic rings. The number of hydrogen-bond acceptors (Lipinski definition) is 8. The van der Waals surface area contributed by atoms with Crippen molar-refractivity contribution >= 4 is 47.1 Å². The number of nitrogens with zero attached hydrogens (tertiary/aromatic N) is 4. The molecule has 0 atom stereocenters. The molecule has 0 aliphatic carbocycles. The molecule has 0 spiro atoms. The SMILES string of the molecule is COc1ccc([O-])c(C=NNC(=S)N2CCCCC2)c1.COc1ccc([O-])c(C=NNC(=S)N2CCCCC2)c1.[Cu+2].[Cu+2]. The van der Waals surface area contributed by atoms with Crippen molar-refractivity contribution < 1.29 is 53.8 Å². The maximum Gasteiger partial charge on any atom is 2.00 e. The molecule has 2 aliphatic rings. The predicted octanol–water partition coefficient (Wildman–Crippen LogP) is 2.92. The van der Waals surface area contributed by atoms with Crippen molar-refractivity contribution in [1.29, 1.82) is 0 Å². The Labute approximate surface area is 279 Å². The first-order valence-electron chi connectivity index (χ1n) is 13.3. The van der Waals surface area contributed by atoms with Gasteiger partial charge in [0.15, 0.2) is 10.2 Å². The number of nitrogens with one attached hydrogen (secondary N) is 2. The maximum atomic E-state index is 11.6. The smallest absolute Gasteiger partial charge is 0.872 e. The Hall–Kier alpha value is -2.60. The van der Waals surface area contributed by atoms with E-state index < -0.39 is 0 Å². The molecule has 2 aromatic carbocycles. The van der Waals surface area contributed by atoms with Crippen molar-refractivity contribution in [1.82, 2.24) is 20.7 Å². The van der Waals surface area contributed by atoms with Crippen LogP contribution in [0.2, 0.25) is 0 Å². The van der Waals surface area contributed by atoms with Gasteiger partial charge in [-0.1, -0.05) is 23.6 Å². The second-order valence-corrected chi connectivity index (χ2v) is 10.0. The van der Waals surface area contributed by atoms with Crippen LogP contribution in [-0.4, -0.2) is 72.9 Å². The first-order valence-corrected chi connectivity index (χ1v) is 14.1. The van der Waals surface area contributed by atoms with Crippen LogP contribution in [0.3, 0.4) is 0 Å². The van der Waals surface area contributed by atoms with E-state index in [1.54, 1.807) is 38.5 Å². The minimum atomic E-state index is -0.0970. The molecular formula is C28H36Cu2N6O4S2+2. The van der Waals surface area contributed by atoms with Gasteiger partial charge in [-0.2, -0.15) is 10.2 Å². The minimum Gasteiger partial charge on any atom is -0.872 e. The Kier molecular flexibility index (Phi) is 18.1. The van der Waals surface area contributed by atoms with Gasteiger partial charge in [-0.3, -0.25) is 10.9 Å². The summed E-state index contributed by atoms with van der Waals surface area (Å²) in [5.74, 6) is 1.06. The summed E-state index contributed by atoms with van der Waals surface area (Å²) in [7, 11) is 3.12. The normalized spacial score (nSPS) is 14.6. The van der Waals surface area contributed by atoms with Crippen molar-refractivity contribution in [3.8, 4) is 23.0 Å². The van der Waals surface area contributed by atoms with Gasteiger partial charge in [0.05, 0.1) is 26.6 Å². The standard InChI is InChI=1S/2C14H19N3O2S.2Cu/c2*1-19-12-5-6-13(18)11(9-12)10-15-16-14(20)17-7-3-2-4-8-17;;/h2*5-6,9-10,18H,2-4,7-8H2,1H3,(H,16,20);;/q;;2*+2/p-2. The van der Waals surface area contributed by atoms with Gasteiger partial charge < -0.3 is 29.5 Å². The second kappa shape index (κ2) is 20.3. The summed E-state index contributed by atoms with van der Waals surface area (Å²) in [6.07, 6.45) is 10.1. The number of ether oxygens (including phenoxy) is 2. The number of hydrazone groups is 2. The van der Waals surface area contributed by atoms with E-state index in [4.69, 9.17) is 33.9 Å². The van der Waals surface area contributed by atoms with Crippen LogP contribution in [0.4, 0.5) is 0 Å². The molecule has 4 rings (SSSR count). The fourth-order valence-electron chi connectivity index (χ4n) is 4.16. The average Bonchev–Trinajstić information content (AvgIpc) is 3.00. The molecule has 0 unspecified atom stereocenters.